The Balaban J connectivity index is 1.59. The van der Waals surface area contributed by atoms with E-state index in [1.54, 1.807) is 30.3 Å². The quantitative estimate of drug-likeness (QED) is 0.488. The van der Waals surface area contributed by atoms with Crippen LogP contribution < -0.4 is 11.5 Å². The standard InChI is InChI=1S/C16H15N5O2S/c17-15(18)20-16-19-10(9-24-16)5-3-4-8-21-13(22)11-6-1-2-7-12(11)14(21)23/h1-3,5-7,9H,4,8H2,(H4,17,18,19,20). The first-order chi connectivity index (χ1) is 11.6. The first-order valence-corrected chi connectivity index (χ1v) is 8.11. The van der Waals surface area contributed by atoms with Crippen LogP contribution in [-0.2, 0) is 0 Å². The summed E-state index contributed by atoms with van der Waals surface area (Å²) in [6.07, 6.45) is 4.21. The largest absolute Gasteiger partial charge is 0.370 e. The van der Waals surface area contributed by atoms with E-state index in [1.165, 1.54) is 16.2 Å². The molecule has 0 atom stereocenters. The molecule has 0 aliphatic carbocycles. The van der Waals surface area contributed by atoms with E-state index in [1.807, 2.05) is 11.5 Å². The molecule has 1 aliphatic heterocycles. The number of imide groups is 1. The molecule has 7 nitrogen and oxygen atoms in total. The third-order valence-electron chi connectivity index (χ3n) is 3.42. The van der Waals surface area contributed by atoms with Gasteiger partial charge >= 0.3 is 0 Å². The molecule has 0 saturated carbocycles. The number of carbonyl (C=O) groups is 2. The number of fused-ring (bicyclic) bond motifs is 1. The molecular formula is C16H15N5O2S. The molecule has 1 aromatic carbocycles. The second-order valence-electron chi connectivity index (χ2n) is 5.09. The highest BCUT2D eigenvalue weighted by Gasteiger charge is 2.34. The number of nitrogens with zero attached hydrogens (tertiary/aromatic N) is 3. The first-order valence-electron chi connectivity index (χ1n) is 7.23. The topological polar surface area (TPSA) is 115 Å². The lowest BCUT2D eigenvalue weighted by Crippen LogP contribution is -2.30. The van der Waals surface area contributed by atoms with Gasteiger partial charge < -0.3 is 11.5 Å². The van der Waals surface area contributed by atoms with Gasteiger partial charge in [0.05, 0.1) is 16.8 Å². The molecule has 1 aromatic heterocycles. The lowest BCUT2D eigenvalue weighted by Gasteiger charge is -2.11. The van der Waals surface area contributed by atoms with Crippen molar-refractivity contribution in [2.24, 2.45) is 16.5 Å². The SMILES string of the molecule is NC(N)=Nc1nc(C=CCCN2C(=O)c3ccccc3C2=O)cs1. The Bertz CT molecular complexity index is 817. The number of hydrogen-bond acceptors (Lipinski definition) is 5. The van der Waals surface area contributed by atoms with Crippen LogP contribution in [0.2, 0.25) is 0 Å². The van der Waals surface area contributed by atoms with Gasteiger partial charge in [-0.1, -0.05) is 18.2 Å². The highest BCUT2D eigenvalue weighted by atomic mass is 32.1. The molecule has 2 heterocycles. The Kier molecular flexibility index (Phi) is 4.39. The maximum atomic E-state index is 12.2. The molecule has 8 heteroatoms. The summed E-state index contributed by atoms with van der Waals surface area (Å²) in [6.45, 7) is 0.327. The molecule has 0 spiro atoms. The highest BCUT2D eigenvalue weighted by Crippen LogP contribution is 2.23. The average Bonchev–Trinajstić information content (AvgIpc) is 3.09. The van der Waals surface area contributed by atoms with Crippen LogP contribution in [0.15, 0.2) is 40.7 Å². The molecule has 3 rings (SSSR count). The Morgan fingerprint density at radius 1 is 1.21 bits per heavy atom. The number of rotatable bonds is 5. The van der Waals surface area contributed by atoms with Crippen LogP contribution in [0.3, 0.4) is 0 Å². The van der Waals surface area contributed by atoms with Crippen LogP contribution in [-0.4, -0.2) is 34.2 Å². The fourth-order valence-electron chi connectivity index (χ4n) is 2.36. The summed E-state index contributed by atoms with van der Waals surface area (Å²) in [5.41, 5.74) is 12.2. The van der Waals surface area contributed by atoms with Gasteiger partial charge in [-0.25, -0.2) is 4.98 Å². The number of aliphatic imine (C=N–C) groups is 1. The monoisotopic (exact) mass is 341 g/mol. The summed E-state index contributed by atoms with van der Waals surface area (Å²) in [7, 11) is 0. The highest BCUT2D eigenvalue weighted by molar-refractivity contribution is 7.13. The summed E-state index contributed by atoms with van der Waals surface area (Å²) >= 11 is 1.33. The van der Waals surface area contributed by atoms with E-state index in [9.17, 15) is 9.59 Å². The normalized spacial score (nSPS) is 13.6. The maximum absolute atomic E-state index is 12.2. The lowest BCUT2D eigenvalue weighted by molar-refractivity contribution is 0.0657. The van der Waals surface area contributed by atoms with Crippen molar-refractivity contribution in [1.82, 2.24) is 9.88 Å². The minimum atomic E-state index is -0.243. The molecule has 24 heavy (non-hydrogen) atoms. The summed E-state index contributed by atoms with van der Waals surface area (Å²) in [4.78, 5) is 33.8. The van der Waals surface area contributed by atoms with E-state index in [0.717, 1.165) is 5.69 Å². The number of aromatic nitrogens is 1. The molecule has 122 valence electrons. The van der Waals surface area contributed by atoms with Crippen molar-refractivity contribution in [2.45, 2.75) is 6.42 Å². The molecule has 0 saturated heterocycles. The van der Waals surface area contributed by atoms with Crippen LogP contribution >= 0.6 is 11.3 Å². The van der Waals surface area contributed by atoms with Gasteiger partial charge in [-0.05, 0) is 24.6 Å². The molecule has 0 unspecified atom stereocenters. The van der Waals surface area contributed by atoms with Gasteiger partial charge in [0.25, 0.3) is 11.8 Å². The smallest absolute Gasteiger partial charge is 0.261 e. The number of guanidine groups is 1. The first kappa shape index (κ1) is 15.9. The summed E-state index contributed by atoms with van der Waals surface area (Å²) < 4.78 is 0. The van der Waals surface area contributed by atoms with Crippen molar-refractivity contribution in [3.8, 4) is 0 Å². The number of thiazole rings is 1. The van der Waals surface area contributed by atoms with Gasteiger partial charge in [-0.2, -0.15) is 4.99 Å². The fraction of sp³-hybridized carbons (Fsp3) is 0.125. The Morgan fingerprint density at radius 3 is 2.50 bits per heavy atom. The van der Waals surface area contributed by atoms with Crippen LogP contribution in [0.4, 0.5) is 5.13 Å². The van der Waals surface area contributed by atoms with Gasteiger partial charge in [0.1, 0.15) is 0 Å². The van der Waals surface area contributed by atoms with E-state index in [4.69, 9.17) is 11.5 Å². The third kappa shape index (κ3) is 3.18. The number of carbonyl (C=O) groups excluding carboxylic acids is 2. The zero-order valence-electron chi connectivity index (χ0n) is 12.7. The van der Waals surface area contributed by atoms with Gasteiger partial charge in [0, 0.05) is 11.9 Å². The third-order valence-corrected chi connectivity index (χ3v) is 4.17. The van der Waals surface area contributed by atoms with E-state index in [2.05, 4.69) is 9.98 Å². The molecule has 4 N–H and O–H groups in total. The minimum Gasteiger partial charge on any atom is -0.370 e. The van der Waals surface area contributed by atoms with Gasteiger partial charge in [0.15, 0.2) is 5.96 Å². The molecule has 2 aromatic rings. The minimum absolute atomic E-state index is 0.0366. The summed E-state index contributed by atoms with van der Waals surface area (Å²) in [6, 6.07) is 6.85. The van der Waals surface area contributed by atoms with Crippen molar-refractivity contribution in [3.63, 3.8) is 0 Å². The predicted octanol–water partition coefficient (Wildman–Crippen LogP) is 1.75. The number of benzene rings is 1. The Morgan fingerprint density at radius 2 is 1.88 bits per heavy atom. The van der Waals surface area contributed by atoms with Crippen LogP contribution in [0.25, 0.3) is 6.08 Å². The lowest BCUT2D eigenvalue weighted by atomic mass is 10.1. The number of hydrogen-bond donors (Lipinski definition) is 2. The van der Waals surface area contributed by atoms with E-state index in [-0.39, 0.29) is 17.8 Å². The van der Waals surface area contributed by atoms with Crippen molar-refractivity contribution < 1.29 is 9.59 Å². The molecule has 1 aliphatic rings. The van der Waals surface area contributed by atoms with Crippen LogP contribution in [0.5, 0.6) is 0 Å². The maximum Gasteiger partial charge on any atom is 0.261 e. The Hall–Kier alpha value is -3.00. The molecule has 2 amide bonds. The zero-order chi connectivity index (χ0) is 17.1. The second kappa shape index (κ2) is 6.63. The van der Waals surface area contributed by atoms with Crippen molar-refractivity contribution in [3.05, 3.63) is 52.5 Å². The van der Waals surface area contributed by atoms with Crippen LogP contribution in [0.1, 0.15) is 32.8 Å². The average molecular weight is 341 g/mol. The van der Waals surface area contributed by atoms with E-state index < -0.39 is 0 Å². The second-order valence-corrected chi connectivity index (χ2v) is 5.93. The van der Waals surface area contributed by atoms with E-state index in [0.29, 0.717) is 29.2 Å². The number of nitrogens with two attached hydrogens (primary N) is 2. The molecular weight excluding hydrogens is 326 g/mol. The van der Waals surface area contributed by atoms with Gasteiger partial charge in [0.2, 0.25) is 5.13 Å². The zero-order valence-corrected chi connectivity index (χ0v) is 13.5. The molecule has 0 radical (unpaired) electrons. The fourth-order valence-corrected chi connectivity index (χ4v) is 3.04. The van der Waals surface area contributed by atoms with Crippen molar-refractivity contribution >= 4 is 40.3 Å². The van der Waals surface area contributed by atoms with Gasteiger partial charge in [-0.3, -0.25) is 14.5 Å². The van der Waals surface area contributed by atoms with Crippen molar-refractivity contribution in [1.29, 1.82) is 0 Å². The summed E-state index contributed by atoms with van der Waals surface area (Å²) in [5.74, 6) is -0.522. The van der Waals surface area contributed by atoms with Gasteiger partial charge in [-0.15, -0.1) is 11.3 Å². The van der Waals surface area contributed by atoms with Crippen LogP contribution in [0, 0.1) is 0 Å². The number of amides is 2. The molecule has 0 fully saturated rings. The Labute approximate surface area is 142 Å². The van der Waals surface area contributed by atoms with Crippen molar-refractivity contribution in [2.75, 3.05) is 6.54 Å². The van der Waals surface area contributed by atoms with E-state index >= 15 is 0 Å². The predicted molar refractivity (Wildman–Crippen MR) is 93.0 cm³/mol. The molecule has 0 bridgehead atoms. The summed E-state index contributed by atoms with van der Waals surface area (Å²) in [5, 5.41) is 2.30.